The van der Waals surface area contributed by atoms with E-state index in [1.165, 1.54) is 0 Å². The standard InChI is InChI=1S/C13H10Cl2N4/c14-5-12-18-11-4-10(15)7-17-13(11)19(12)8-9-2-1-3-16-6-9/h1-4,6-7H,5,8H2. The highest BCUT2D eigenvalue weighted by atomic mass is 35.5. The van der Waals surface area contributed by atoms with E-state index >= 15 is 0 Å². The lowest BCUT2D eigenvalue weighted by Crippen LogP contribution is -2.04. The second kappa shape index (κ2) is 5.15. The van der Waals surface area contributed by atoms with Crippen molar-refractivity contribution in [2.75, 3.05) is 0 Å². The summed E-state index contributed by atoms with van der Waals surface area (Å²) in [6.45, 7) is 0.640. The average Bonchev–Trinajstić information content (AvgIpc) is 2.77. The summed E-state index contributed by atoms with van der Waals surface area (Å²) in [7, 11) is 0. The number of halogens is 2. The fourth-order valence-corrected chi connectivity index (χ4v) is 2.33. The normalized spacial score (nSPS) is 11.1. The first kappa shape index (κ1) is 12.4. The van der Waals surface area contributed by atoms with Crippen LogP contribution in [-0.4, -0.2) is 19.5 Å². The maximum Gasteiger partial charge on any atom is 0.160 e. The smallest absolute Gasteiger partial charge is 0.160 e. The van der Waals surface area contributed by atoms with E-state index in [1.807, 2.05) is 22.9 Å². The summed E-state index contributed by atoms with van der Waals surface area (Å²) in [5.74, 6) is 1.10. The van der Waals surface area contributed by atoms with Gasteiger partial charge in [-0.25, -0.2) is 9.97 Å². The van der Waals surface area contributed by atoms with Crippen molar-refractivity contribution in [2.45, 2.75) is 12.4 Å². The van der Waals surface area contributed by atoms with E-state index in [9.17, 15) is 0 Å². The molecule has 3 aromatic heterocycles. The van der Waals surface area contributed by atoms with Gasteiger partial charge in [0.25, 0.3) is 0 Å². The molecule has 19 heavy (non-hydrogen) atoms. The van der Waals surface area contributed by atoms with E-state index in [0.29, 0.717) is 17.4 Å². The third kappa shape index (κ3) is 2.41. The quantitative estimate of drug-likeness (QED) is 0.696. The Morgan fingerprint density at radius 3 is 2.89 bits per heavy atom. The number of rotatable bonds is 3. The molecule has 3 rings (SSSR count). The lowest BCUT2D eigenvalue weighted by atomic mass is 10.3. The summed E-state index contributed by atoms with van der Waals surface area (Å²) < 4.78 is 1.98. The Kier molecular flexibility index (Phi) is 3.36. The first-order valence-electron chi connectivity index (χ1n) is 5.73. The Bertz CT molecular complexity index is 709. The number of aromatic nitrogens is 4. The maximum absolute atomic E-state index is 5.95. The van der Waals surface area contributed by atoms with Crippen LogP contribution in [0.15, 0.2) is 36.8 Å². The van der Waals surface area contributed by atoms with Gasteiger partial charge in [-0.15, -0.1) is 11.6 Å². The van der Waals surface area contributed by atoms with Gasteiger partial charge in [0, 0.05) is 18.6 Å². The molecule has 3 aromatic rings. The highest BCUT2D eigenvalue weighted by molar-refractivity contribution is 6.31. The fraction of sp³-hybridized carbons (Fsp3) is 0.154. The van der Waals surface area contributed by atoms with Gasteiger partial charge >= 0.3 is 0 Å². The van der Waals surface area contributed by atoms with Crippen LogP contribution < -0.4 is 0 Å². The van der Waals surface area contributed by atoms with Gasteiger partial charge in [-0.1, -0.05) is 17.7 Å². The predicted molar refractivity (Wildman–Crippen MR) is 75.4 cm³/mol. The Balaban J connectivity index is 2.11. The molecule has 96 valence electrons. The number of pyridine rings is 2. The Labute approximate surface area is 120 Å². The molecular weight excluding hydrogens is 283 g/mol. The average molecular weight is 293 g/mol. The van der Waals surface area contributed by atoms with Crippen molar-refractivity contribution in [3.8, 4) is 0 Å². The molecule has 0 spiro atoms. The molecule has 3 heterocycles. The largest absolute Gasteiger partial charge is 0.307 e. The molecule has 0 unspecified atom stereocenters. The monoisotopic (exact) mass is 292 g/mol. The second-order valence-corrected chi connectivity index (χ2v) is 4.81. The third-order valence-electron chi connectivity index (χ3n) is 2.81. The molecule has 0 atom stereocenters. The third-order valence-corrected chi connectivity index (χ3v) is 3.26. The van der Waals surface area contributed by atoms with Crippen molar-refractivity contribution >= 4 is 34.4 Å². The topological polar surface area (TPSA) is 43.6 Å². The summed E-state index contributed by atoms with van der Waals surface area (Å²) in [6.07, 6.45) is 5.18. The Morgan fingerprint density at radius 1 is 1.26 bits per heavy atom. The van der Waals surface area contributed by atoms with E-state index in [-0.39, 0.29) is 0 Å². The summed E-state index contributed by atoms with van der Waals surface area (Å²) in [5.41, 5.74) is 2.61. The van der Waals surface area contributed by atoms with E-state index in [0.717, 1.165) is 22.6 Å². The molecule has 0 saturated carbocycles. The number of hydrogen-bond acceptors (Lipinski definition) is 3. The van der Waals surface area contributed by atoms with E-state index < -0.39 is 0 Å². The molecule has 0 fully saturated rings. The summed E-state index contributed by atoms with van der Waals surface area (Å²) in [5, 5.41) is 0.569. The van der Waals surface area contributed by atoms with Crippen LogP contribution in [-0.2, 0) is 12.4 Å². The van der Waals surface area contributed by atoms with Gasteiger partial charge in [-0.3, -0.25) is 4.98 Å². The van der Waals surface area contributed by atoms with Gasteiger partial charge in [-0.2, -0.15) is 0 Å². The minimum atomic E-state index is 0.328. The zero-order valence-corrected chi connectivity index (χ0v) is 11.4. The minimum Gasteiger partial charge on any atom is -0.307 e. The zero-order chi connectivity index (χ0) is 13.2. The number of hydrogen-bond donors (Lipinski definition) is 0. The SMILES string of the molecule is ClCc1nc2cc(Cl)cnc2n1Cc1cccnc1. The van der Waals surface area contributed by atoms with Crippen LogP contribution >= 0.6 is 23.2 Å². The van der Waals surface area contributed by atoms with Crippen LogP contribution in [0.1, 0.15) is 11.4 Å². The molecule has 0 aliphatic heterocycles. The Morgan fingerprint density at radius 2 is 2.16 bits per heavy atom. The van der Waals surface area contributed by atoms with Crippen LogP contribution in [0.4, 0.5) is 0 Å². The lowest BCUT2D eigenvalue weighted by molar-refractivity contribution is 0.767. The fourth-order valence-electron chi connectivity index (χ4n) is 1.98. The lowest BCUT2D eigenvalue weighted by Gasteiger charge is -2.06. The van der Waals surface area contributed by atoms with E-state index in [2.05, 4.69) is 15.0 Å². The van der Waals surface area contributed by atoms with E-state index in [4.69, 9.17) is 23.2 Å². The number of imidazole rings is 1. The Hall–Kier alpha value is -1.65. The van der Waals surface area contributed by atoms with Crippen molar-refractivity contribution in [1.29, 1.82) is 0 Å². The molecule has 0 bridgehead atoms. The highest BCUT2D eigenvalue weighted by Crippen LogP contribution is 2.20. The first-order chi connectivity index (χ1) is 9.28. The van der Waals surface area contributed by atoms with Crippen molar-refractivity contribution in [2.24, 2.45) is 0 Å². The molecule has 0 radical (unpaired) electrons. The summed E-state index contributed by atoms with van der Waals surface area (Å²) in [4.78, 5) is 12.9. The number of nitrogens with zero attached hydrogens (tertiary/aromatic N) is 4. The zero-order valence-electron chi connectivity index (χ0n) is 9.92. The highest BCUT2D eigenvalue weighted by Gasteiger charge is 2.12. The molecule has 0 aliphatic rings. The van der Waals surface area contributed by atoms with Gasteiger partial charge in [0.2, 0.25) is 0 Å². The molecule has 4 nitrogen and oxygen atoms in total. The van der Waals surface area contributed by atoms with Gasteiger partial charge in [0.15, 0.2) is 5.65 Å². The molecular formula is C13H10Cl2N4. The summed E-state index contributed by atoms with van der Waals surface area (Å²) in [6, 6.07) is 5.70. The molecule has 6 heteroatoms. The molecule has 0 N–H and O–H groups in total. The van der Waals surface area contributed by atoms with Crippen molar-refractivity contribution in [1.82, 2.24) is 19.5 Å². The van der Waals surface area contributed by atoms with Crippen LogP contribution in [0.5, 0.6) is 0 Å². The second-order valence-electron chi connectivity index (χ2n) is 4.11. The number of fused-ring (bicyclic) bond motifs is 1. The van der Waals surface area contributed by atoms with Crippen LogP contribution in [0.25, 0.3) is 11.2 Å². The molecule has 0 aliphatic carbocycles. The van der Waals surface area contributed by atoms with Gasteiger partial charge in [0.05, 0.1) is 17.4 Å². The van der Waals surface area contributed by atoms with E-state index in [1.54, 1.807) is 18.5 Å². The van der Waals surface area contributed by atoms with Crippen molar-refractivity contribution < 1.29 is 0 Å². The molecule has 0 aromatic carbocycles. The van der Waals surface area contributed by atoms with Gasteiger partial charge in [0.1, 0.15) is 11.3 Å². The molecule has 0 saturated heterocycles. The minimum absolute atomic E-state index is 0.328. The molecule has 0 amide bonds. The predicted octanol–water partition coefficient (Wildman–Crippen LogP) is 3.27. The van der Waals surface area contributed by atoms with Gasteiger partial charge < -0.3 is 4.57 Å². The summed E-state index contributed by atoms with van der Waals surface area (Å²) >= 11 is 11.9. The van der Waals surface area contributed by atoms with Crippen molar-refractivity contribution in [3.63, 3.8) is 0 Å². The first-order valence-corrected chi connectivity index (χ1v) is 6.64. The van der Waals surface area contributed by atoms with Crippen molar-refractivity contribution in [3.05, 3.63) is 53.2 Å². The van der Waals surface area contributed by atoms with Crippen LogP contribution in [0.2, 0.25) is 5.02 Å². The van der Waals surface area contributed by atoms with Crippen LogP contribution in [0, 0.1) is 0 Å². The van der Waals surface area contributed by atoms with Gasteiger partial charge in [-0.05, 0) is 17.7 Å². The number of alkyl halides is 1. The van der Waals surface area contributed by atoms with Crippen LogP contribution in [0.3, 0.4) is 0 Å². The maximum atomic E-state index is 5.95.